The minimum absolute atomic E-state index is 0.556. The molecule has 86 valence electrons. The topological polar surface area (TPSA) is 41.4 Å². The Hall–Kier alpha value is -1.45. The Kier molecular flexibility index (Phi) is 3.17. The fourth-order valence-electron chi connectivity index (χ4n) is 2.19. The van der Waals surface area contributed by atoms with Crippen LogP contribution in [0.3, 0.4) is 0 Å². The zero-order valence-electron chi connectivity index (χ0n) is 10.1. The van der Waals surface area contributed by atoms with Gasteiger partial charge in [0.15, 0.2) is 5.82 Å². The standard InChI is InChI=1S/C12H18N4/c1-4-13-11-10(3)14-8-15-12(11)16-7-5-6-9(16)2/h4,8-9H,5-7H2,1-3H3/t9-/m0/s1. The van der Waals surface area contributed by atoms with Gasteiger partial charge in [0, 0.05) is 18.8 Å². The van der Waals surface area contributed by atoms with E-state index in [1.807, 2.05) is 13.8 Å². The summed E-state index contributed by atoms with van der Waals surface area (Å²) in [5, 5.41) is 0. The molecule has 0 amide bonds. The van der Waals surface area contributed by atoms with Crippen LogP contribution in [0.25, 0.3) is 0 Å². The van der Waals surface area contributed by atoms with Crippen molar-refractivity contribution in [2.24, 2.45) is 4.99 Å². The Morgan fingerprint density at radius 2 is 2.31 bits per heavy atom. The largest absolute Gasteiger partial charge is 0.352 e. The SMILES string of the molecule is CC=Nc1c(C)ncnc1N1CCC[C@@H]1C. The summed E-state index contributed by atoms with van der Waals surface area (Å²) in [6.45, 7) is 7.21. The van der Waals surface area contributed by atoms with Crippen LogP contribution in [0, 0.1) is 6.92 Å². The molecular formula is C12H18N4. The fourth-order valence-corrected chi connectivity index (χ4v) is 2.19. The van der Waals surface area contributed by atoms with Crippen LogP contribution < -0.4 is 4.90 Å². The molecule has 1 aliphatic rings. The number of nitrogens with zero attached hydrogens (tertiary/aromatic N) is 4. The Labute approximate surface area is 96.4 Å². The van der Waals surface area contributed by atoms with Crippen LogP contribution in [0.15, 0.2) is 11.3 Å². The van der Waals surface area contributed by atoms with Crippen LogP contribution in [0.5, 0.6) is 0 Å². The Morgan fingerprint density at radius 3 is 2.94 bits per heavy atom. The van der Waals surface area contributed by atoms with Crippen molar-refractivity contribution in [2.45, 2.75) is 39.7 Å². The van der Waals surface area contributed by atoms with Crippen LogP contribution in [-0.2, 0) is 0 Å². The lowest BCUT2D eigenvalue weighted by atomic mass is 10.2. The van der Waals surface area contributed by atoms with Crippen molar-refractivity contribution in [1.82, 2.24) is 9.97 Å². The maximum absolute atomic E-state index is 4.39. The van der Waals surface area contributed by atoms with E-state index < -0.39 is 0 Å². The van der Waals surface area contributed by atoms with Crippen molar-refractivity contribution in [3.8, 4) is 0 Å². The quantitative estimate of drug-likeness (QED) is 0.716. The van der Waals surface area contributed by atoms with E-state index in [-0.39, 0.29) is 0 Å². The molecule has 1 saturated heterocycles. The molecule has 1 aromatic rings. The third kappa shape index (κ3) is 1.92. The summed E-state index contributed by atoms with van der Waals surface area (Å²) in [5.41, 5.74) is 1.86. The van der Waals surface area contributed by atoms with E-state index in [9.17, 15) is 0 Å². The molecule has 2 rings (SSSR count). The van der Waals surface area contributed by atoms with Gasteiger partial charge < -0.3 is 4.90 Å². The van der Waals surface area contributed by atoms with Crippen LogP contribution in [0.4, 0.5) is 11.5 Å². The van der Waals surface area contributed by atoms with Crippen molar-refractivity contribution in [1.29, 1.82) is 0 Å². The lowest BCUT2D eigenvalue weighted by Gasteiger charge is -2.24. The average molecular weight is 218 g/mol. The molecule has 1 aromatic heterocycles. The Bertz CT molecular complexity index is 400. The molecule has 0 saturated carbocycles. The van der Waals surface area contributed by atoms with Gasteiger partial charge in [-0.05, 0) is 33.6 Å². The highest BCUT2D eigenvalue weighted by molar-refractivity contribution is 5.71. The Balaban J connectivity index is 2.43. The maximum Gasteiger partial charge on any atom is 0.158 e. The van der Waals surface area contributed by atoms with Crippen LogP contribution >= 0.6 is 0 Å². The summed E-state index contributed by atoms with van der Waals surface area (Å²) < 4.78 is 0. The monoisotopic (exact) mass is 218 g/mol. The predicted molar refractivity (Wildman–Crippen MR) is 66.6 cm³/mol. The van der Waals surface area contributed by atoms with Crippen molar-refractivity contribution < 1.29 is 0 Å². The Morgan fingerprint density at radius 1 is 1.50 bits per heavy atom. The number of aliphatic imine (C=N–C) groups is 1. The predicted octanol–water partition coefficient (Wildman–Crippen LogP) is 2.50. The zero-order valence-corrected chi connectivity index (χ0v) is 10.1. The van der Waals surface area contributed by atoms with Crippen molar-refractivity contribution >= 4 is 17.7 Å². The van der Waals surface area contributed by atoms with Crippen LogP contribution in [0.1, 0.15) is 32.4 Å². The molecule has 0 spiro atoms. The molecule has 16 heavy (non-hydrogen) atoms. The number of hydrogen-bond acceptors (Lipinski definition) is 4. The number of anilines is 1. The molecule has 1 aliphatic heterocycles. The zero-order chi connectivity index (χ0) is 11.5. The van der Waals surface area contributed by atoms with Crippen LogP contribution in [-0.4, -0.2) is 28.8 Å². The van der Waals surface area contributed by atoms with Gasteiger partial charge in [0.2, 0.25) is 0 Å². The van der Waals surface area contributed by atoms with Gasteiger partial charge in [-0.25, -0.2) is 9.97 Å². The fraction of sp³-hybridized carbons (Fsp3) is 0.583. The molecule has 0 N–H and O–H groups in total. The lowest BCUT2D eigenvalue weighted by molar-refractivity contribution is 0.725. The first-order valence-corrected chi connectivity index (χ1v) is 5.81. The van der Waals surface area contributed by atoms with E-state index in [1.165, 1.54) is 12.8 Å². The lowest BCUT2D eigenvalue weighted by Crippen LogP contribution is -2.27. The molecule has 1 atom stereocenters. The minimum Gasteiger partial charge on any atom is -0.352 e. The second kappa shape index (κ2) is 4.60. The first-order chi connectivity index (χ1) is 7.74. The van der Waals surface area contributed by atoms with E-state index in [0.29, 0.717) is 6.04 Å². The van der Waals surface area contributed by atoms with Gasteiger partial charge in [0.1, 0.15) is 12.0 Å². The molecule has 0 radical (unpaired) electrons. The average Bonchev–Trinajstić information content (AvgIpc) is 2.68. The minimum atomic E-state index is 0.556. The van der Waals surface area contributed by atoms with Gasteiger partial charge in [-0.15, -0.1) is 0 Å². The van der Waals surface area contributed by atoms with Gasteiger partial charge in [-0.1, -0.05) is 0 Å². The van der Waals surface area contributed by atoms with E-state index in [4.69, 9.17) is 0 Å². The van der Waals surface area contributed by atoms with Crippen molar-refractivity contribution in [3.63, 3.8) is 0 Å². The second-order valence-electron chi connectivity index (χ2n) is 4.20. The van der Waals surface area contributed by atoms with Gasteiger partial charge in [-0.3, -0.25) is 4.99 Å². The van der Waals surface area contributed by atoms with Gasteiger partial charge in [0.05, 0.1) is 5.69 Å². The van der Waals surface area contributed by atoms with Gasteiger partial charge >= 0.3 is 0 Å². The van der Waals surface area contributed by atoms with Gasteiger partial charge in [-0.2, -0.15) is 0 Å². The van der Waals surface area contributed by atoms with E-state index in [1.54, 1.807) is 12.5 Å². The summed E-state index contributed by atoms with van der Waals surface area (Å²) in [5.74, 6) is 0.982. The molecular weight excluding hydrogens is 200 g/mol. The highest BCUT2D eigenvalue weighted by atomic mass is 15.2. The number of aryl methyl sites for hydroxylation is 1. The molecule has 0 aromatic carbocycles. The first kappa shape index (κ1) is 11.0. The highest BCUT2D eigenvalue weighted by Crippen LogP contribution is 2.32. The van der Waals surface area contributed by atoms with Crippen molar-refractivity contribution in [2.75, 3.05) is 11.4 Å². The summed E-state index contributed by atoms with van der Waals surface area (Å²) in [6, 6.07) is 0.556. The molecule has 1 fully saturated rings. The second-order valence-corrected chi connectivity index (χ2v) is 4.20. The maximum atomic E-state index is 4.39. The summed E-state index contributed by atoms with van der Waals surface area (Å²) in [7, 11) is 0. The summed E-state index contributed by atoms with van der Waals surface area (Å²) in [4.78, 5) is 15.3. The molecule has 0 unspecified atom stereocenters. The number of rotatable bonds is 2. The third-order valence-corrected chi connectivity index (χ3v) is 3.07. The number of aromatic nitrogens is 2. The third-order valence-electron chi connectivity index (χ3n) is 3.07. The van der Waals surface area contributed by atoms with Crippen LogP contribution in [0.2, 0.25) is 0 Å². The summed E-state index contributed by atoms with van der Waals surface area (Å²) in [6.07, 6.45) is 5.90. The first-order valence-electron chi connectivity index (χ1n) is 5.81. The normalized spacial score (nSPS) is 20.9. The molecule has 4 nitrogen and oxygen atoms in total. The molecule has 2 heterocycles. The van der Waals surface area contributed by atoms with E-state index in [2.05, 4.69) is 26.8 Å². The summed E-state index contributed by atoms with van der Waals surface area (Å²) >= 11 is 0. The smallest absolute Gasteiger partial charge is 0.158 e. The highest BCUT2D eigenvalue weighted by Gasteiger charge is 2.24. The molecule has 0 aliphatic carbocycles. The molecule has 4 heteroatoms. The van der Waals surface area contributed by atoms with E-state index in [0.717, 1.165) is 23.7 Å². The van der Waals surface area contributed by atoms with Crippen molar-refractivity contribution in [3.05, 3.63) is 12.0 Å². The van der Waals surface area contributed by atoms with Gasteiger partial charge in [0.25, 0.3) is 0 Å². The molecule has 0 bridgehead atoms. The number of hydrogen-bond donors (Lipinski definition) is 0. The van der Waals surface area contributed by atoms with E-state index >= 15 is 0 Å².